The van der Waals surface area contributed by atoms with Crippen LogP contribution in [0.25, 0.3) is 21.0 Å². The van der Waals surface area contributed by atoms with E-state index >= 15 is 0 Å². The van der Waals surface area contributed by atoms with E-state index < -0.39 is 0 Å². The fraction of sp³-hybridized carbons (Fsp3) is 0.0526. The molecule has 124 valence electrons. The number of methoxy groups -OCH3 is 1. The third-order valence-electron chi connectivity index (χ3n) is 3.92. The van der Waals surface area contributed by atoms with Crippen molar-refractivity contribution in [2.75, 3.05) is 12.4 Å². The monoisotopic (exact) mass is 412 g/mol. The van der Waals surface area contributed by atoms with E-state index in [0.29, 0.717) is 20.9 Å². The molecule has 0 atom stereocenters. The molecule has 4 nitrogen and oxygen atoms in total. The summed E-state index contributed by atoms with van der Waals surface area (Å²) in [6, 6.07) is 17.5. The zero-order chi connectivity index (χ0) is 17.4. The highest BCUT2D eigenvalue weighted by Crippen LogP contribution is 2.32. The van der Waals surface area contributed by atoms with Crippen LogP contribution in [0.2, 0.25) is 0 Å². The number of ether oxygens (including phenoxy) is 1. The van der Waals surface area contributed by atoms with Crippen LogP contribution in [0.4, 0.5) is 5.13 Å². The minimum absolute atomic E-state index is 0.228. The number of carbonyl (C=O) groups excluding carboxylic acids is 1. The number of nitrogens with zero attached hydrogens (tertiary/aromatic N) is 1. The van der Waals surface area contributed by atoms with Crippen LogP contribution in [0.5, 0.6) is 5.75 Å². The van der Waals surface area contributed by atoms with Gasteiger partial charge in [-0.15, -0.1) is 0 Å². The van der Waals surface area contributed by atoms with Crippen molar-refractivity contribution in [1.82, 2.24) is 4.98 Å². The number of nitrogens with one attached hydrogen (secondary N) is 1. The van der Waals surface area contributed by atoms with Gasteiger partial charge in [-0.2, -0.15) is 0 Å². The maximum atomic E-state index is 12.6. The zero-order valence-electron chi connectivity index (χ0n) is 13.2. The van der Waals surface area contributed by atoms with Gasteiger partial charge < -0.3 is 4.74 Å². The van der Waals surface area contributed by atoms with Crippen LogP contribution in [0.3, 0.4) is 0 Å². The number of anilines is 1. The second-order valence-electron chi connectivity index (χ2n) is 5.45. The first-order valence-electron chi connectivity index (χ1n) is 7.59. The summed E-state index contributed by atoms with van der Waals surface area (Å²) in [5.74, 6) is 0.401. The lowest BCUT2D eigenvalue weighted by atomic mass is 10.1. The van der Waals surface area contributed by atoms with Crippen molar-refractivity contribution in [2.24, 2.45) is 0 Å². The van der Waals surface area contributed by atoms with Gasteiger partial charge in [0.05, 0.1) is 22.9 Å². The molecule has 3 aromatic carbocycles. The average molecular weight is 413 g/mol. The maximum Gasteiger partial charge on any atom is 0.258 e. The van der Waals surface area contributed by atoms with Crippen LogP contribution in [0.1, 0.15) is 10.4 Å². The van der Waals surface area contributed by atoms with Gasteiger partial charge >= 0.3 is 0 Å². The molecule has 0 saturated carbocycles. The molecule has 4 aromatic rings. The van der Waals surface area contributed by atoms with Crippen molar-refractivity contribution in [3.8, 4) is 5.75 Å². The Morgan fingerprint density at radius 2 is 2.00 bits per heavy atom. The Kier molecular flexibility index (Phi) is 4.15. The lowest BCUT2D eigenvalue weighted by Gasteiger charge is -2.06. The topological polar surface area (TPSA) is 51.2 Å². The van der Waals surface area contributed by atoms with Gasteiger partial charge in [0.1, 0.15) is 5.75 Å². The molecule has 0 aliphatic rings. The van der Waals surface area contributed by atoms with Crippen LogP contribution in [0, 0.1) is 0 Å². The zero-order valence-corrected chi connectivity index (χ0v) is 15.6. The average Bonchev–Trinajstić information content (AvgIpc) is 3.05. The number of carbonyl (C=O) groups is 1. The number of hydrogen-bond donors (Lipinski definition) is 1. The summed E-state index contributed by atoms with van der Waals surface area (Å²) >= 11 is 4.87. The van der Waals surface area contributed by atoms with Crippen LogP contribution >= 0.6 is 27.3 Å². The molecule has 1 amide bonds. The summed E-state index contributed by atoms with van der Waals surface area (Å²) in [4.78, 5) is 17.2. The molecule has 1 N–H and O–H groups in total. The first-order valence-corrected chi connectivity index (χ1v) is 9.20. The Labute approximate surface area is 156 Å². The molecule has 0 fully saturated rings. The van der Waals surface area contributed by atoms with E-state index in [-0.39, 0.29) is 5.91 Å². The van der Waals surface area contributed by atoms with Crippen molar-refractivity contribution in [1.29, 1.82) is 0 Å². The molecule has 1 heterocycles. The van der Waals surface area contributed by atoms with Crippen molar-refractivity contribution >= 4 is 59.3 Å². The highest BCUT2D eigenvalue weighted by molar-refractivity contribution is 9.10. The number of rotatable bonds is 3. The van der Waals surface area contributed by atoms with Crippen molar-refractivity contribution < 1.29 is 9.53 Å². The molecule has 0 aliphatic heterocycles. The summed E-state index contributed by atoms with van der Waals surface area (Å²) in [6.45, 7) is 0. The number of hydrogen-bond acceptors (Lipinski definition) is 4. The molecule has 1 aromatic heterocycles. The van der Waals surface area contributed by atoms with Gasteiger partial charge in [0.2, 0.25) is 0 Å². The van der Waals surface area contributed by atoms with E-state index in [4.69, 9.17) is 4.74 Å². The molecule has 0 aliphatic carbocycles. The number of fused-ring (bicyclic) bond motifs is 3. The predicted molar refractivity (Wildman–Crippen MR) is 106 cm³/mol. The molecule has 25 heavy (non-hydrogen) atoms. The van der Waals surface area contributed by atoms with Gasteiger partial charge in [-0.3, -0.25) is 10.1 Å². The number of amides is 1. The highest BCUT2D eigenvalue weighted by Gasteiger charge is 2.14. The second kappa shape index (κ2) is 6.46. The van der Waals surface area contributed by atoms with Gasteiger partial charge in [-0.1, -0.05) is 41.7 Å². The van der Waals surface area contributed by atoms with Crippen LogP contribution in [-0.2, 0) is 0 Å². The lowest BCUT2D eigenvalue weighted by molar-refractivity contribution is 0.102. The molecule has 0 bridgehead atoms. The minimum Gasteiger partial charge on any atom is -0.497 e. The van der Waals surface area contributed by atoms with Gasteiger partial charge in [0.25, 0.3) is 5.91 Å². The lowest BCUT2D eigenvalue weighted by Crippen LogP contribution is -2.12. The molecule has 0 unspecified atom stereocenters. The fourth-order valence-electron chi connectivity index (χ4n) is 2.68. The molecule has 4 rings (SSSR count). The van der Waals surface area contributed by atoms with Crippen LogP contribution in [-0.4, -0.2) is 18.0 Å². The first-order chi connectivity index (χ1) is 12.2. The number of thiazole rings is 1. The van der Waals surface area contributed by atoms with E-state index in [0.717, 1.165) is 21.0 Å². The standard InChI is InChI=1S/C19H13BrN2O2S/c1-24-12-7-8-15(20)14(10-12)18(23)22-19-21-17-13-5-3-2-4-11(13)6-9-16(17)25-19/h2-10H,1H3,(H,21,22,23). The smallest absolute Gasteiger partial charge is 0.258 e. The van der Waals surface area contributed by atoms with E-state index in [1.165, 1.54) is 11.3 Å². The van der Waals surface area contributed by atoms with E-state index in [1.54, 1.807) is 25.3 Å². The molecule has 0 radical (unpaired) electrons. The van der Waals surface area contributed by atoms with Gasteiger partial charge in [-0.05, 0) is 45.6 Å². The molecule has 0 saturated heterocycles. The van der Waals surface area contributed by atoms with E-state index in [2.05, 4.69) is 38.4 Å². The van der Waals surface area contributed by atoms with Gasteiger partial charge in [0.15, 0.2) is 5.13 Å². The Hall–Kier alpha value is -2.44. The summed E-state index contributed by atoms with van der Waals surface area (Å²) in [6.07, 6.45) is 0. The SMILES string of the molecule is COc1ccc(Br)c(C(=O)Nc2nc3c(ccc4ccccc43)s2)c1. The molecular formula is C19H13BrN2O2S. The Balaban J connectivity index is 1.71. The first kappa shape index (κ1) is 16.1. The third kappa shape index (κ3) is 2.99. The Bertz CT molecular complexity index is 1110. The third-order valence-corrected chi connectivity index (χ3v) is 5.55. The van der Waals surface area contributed by atoms with Crippen LogP contribution in [0.15, 0.2) is 59.1 Å². The molecule has 0 spiro atoms. The molecule has 6 heteroatoms. The summed E-state index contributed by atoms with van der Waals surface area (Å²) < 4.78 is 6.94. The fourth-order valence-corrected chi connectivity index (χ4v) is 3.99. The summed E-state index contributed by atoms with van der Waals surface area (Å²) in [5.41, 5.74) is 1.41. The highest BCUT2D eigenvalue weighted by atomic mass is 79.9. The summed E-state index contributed by atoms with van der Waals surface area (Å²) in [7, 11) is 1.57. The van der Waals surface area contributed by atoms with E-state index in [1.807, 2.05) is 24.3 Å². The second-order valence-corrected chi connectivity index (χ2v) is 7.34. The number of halogens is 1. The van der Waals surface area contributed by atoms with Crippen molar-refractivity contribution in [3.05, 3.63) is 64.6 Å². The van der Waals surface area contributed by atoms with Gasteiger partial charge in [-0.25, -0.2) is 4.98 Å². The predicted octanol–water partition coefficient (Wildman–Crippen LogP) is 5.47. The normalized spacial score (nSPS) is 11.0. The maximum absolute atomic E-state index is 12.6. The Morgan fingerprint density at radius 1 is 1.16 bits per heavy atom. The minimum atomic E-state index is -0.228. The summed E-state index contributed by atoms with van der Waals surface area (Å²) in [5, 5.41) is 5.68. The number of benzene rings is 3. The van der Waals surface area contributed by atoms with Crippen LogP contribution < -0.4 is 10.1 Å². The number of aromatic nitrogens is 1. The quantitative estimate of drug-likeness (QED) is 0.485. The van der Waals surface area contributed by atoms with E-state index in [9.17, 15) is 4.79 Å². The Morgan fingerprint density at radius 3 is 2.84 bits per heavy atom. The van der Waals surface area contributed by atoms with Crippen molar-refractivity contribution in [3.63, 3.8) is 0 Å². The van der Waals surface area contributed by atoms with Gasteiger partial charge in [0, 0.05) is 9.86 Å². The largest absolute Gasteiger partial charge is 0.497 e. The molecular weight excluding hydrogens is 400 g/mol. The van der Waals surface area contributed by atoms with Crippen molar-refractivity contribution in [2.45, 2.75) is 0 Å².